The van der Waals surface area contributed by atoms with Gasteiger partial charge in [0, 0.05) is 12.2 Å². The lowest BCUT2D eigenvalue weighted by molar-refractivity contribution is 0.0297. The number of hydrogen-bond acceptors (Lipinski definition) is 4. The molecule has 1 aliphatic rings. The van der Waals surface area contributed by atoms with Crippen molar-refractivity contribution in [3.63, 3.8) is 0 Å². The number of carbonyl (C=O) groups is 1. The maximum atomic E-state index is 14.2. The lowest BCUT2D eigenvalue weighted by atomic mass is 10.1. The van der Waals surface area contributed by atoms with Gasteiger partial charge in [-0.15, -0.1) is 0 Å². The van der Waals surface area contributed by atoms with E-state index in [9.17, 15) is 9.18 Å². The predicted octanol–water partition coefficient (Wildman–Crippen LogP) is 2.11. The molecule has 1 heterocycles. The molecule has 1 fully saturated rings. The number of nitrogen functional groups attached to an aromatic ring is 1. The fraction of sp³-hybridized carbons (Fsp3) is 0.500. The average molecular weight is 282 g/mol. The minimum absolute atomic E-state index is 0.0250. The van der Waals surface area contributed by atoms with Crippen molar-refractivity contribution in [1.29, 1.82) is 0 Å². The summed E-state index contributed by atoms with van der Waals surface area (Å²) in [4.78, 5) is 13.0. The van der Waals surface area contributed by atoms with Crippen molar-refractivity contribution in [3.05, 3.63) is 23.5 Å². The average Bonchev–Trinajstić information content (AvgIpc) is 2.38. The third-order valence-corrected chi connectivity index (χ3v) is 3.60. The molecular weight excluding hydrogens is 263 g/mol. The summed E-state index contributed by atoms with van der Waals surface area (Å²) in [5, 5.41) is 9.11. The molecule has 110 valence electrons. The van der Waals surface area contributed by atoms with Gasteiger partial charge in [0.25, 0.3) is 0 Å². The van der Waals surface area contributed by atoms with E-state index in [1.54, 1.807) is 0 Å². The number of rotatable bonds is 3. The first-order valence-electron chi connectivity index (χ1n) is 6.64. The van der Waals surface area contributed by atoms with Crippen LogP contribution in [-0.2, 0) is 4.74 Å². The van der Waals surface area contributed by atoms with Gasteiger partial charge in [-0.1, -0.05) is 6.92 Å². The molecule has 0 aliphatic carbocycles. The molecule has 2 rings (SSSR count). The summed E-state index contributed by atoms with van der Waals surface area (Å²) < 4.78 is 19.7. The first kappa shape index (κ1) is 14.6. The number of ether oxygens (including phenoxy) is 1. The summed E-state index contributed by atoms with van der Waals surface area (Å²) in [6.07, 6.45) is 0.766. The first-order chi connectivity index (χ1) is 9.43. The molecule has 5 nitrogen and oxygen atoms in total. The summed E-state index contributed by atoms with van der Waals surface area (Å²) in [6, 6.07) is 2.42. The summed E-state index contributed by atoms with van der Waals surface area (Å²) >= 11 is 0. The number of carboxylic acid groups (broad SMARTS) is 1. The van der Waals surface area contributed by atoms with Gasteiger partial charge < -0.3 is 20.5 Å². The molecule has 1 saturated heterocycles. The van der Waals surface area contributed by atoms with Crippen molar-refractivity contribution < 1.29 is 19.0 Å². The van der Waals surface area contributed by atoms with Gasteiger partial charge in [0.2, 0.25) is 0 Å². The monoisotopic (exact) mass is 282 g/mol. The van der Waals surface area contributed by atoms with Crippen LogP contribution in [0, 0.1) is 5.82 Å². The van der Waals surface area contributed by atoms with Crippen molar-refractivity contribution in [1.82, 2.24) is 0 Å². The second kappa shape index (κ2) is 5.66. The number of hydrogen-bond donors (Lipinski definition) is 2. The van der Waals surface area contributed by atoms with E-state index in [1.165, 1.54) is 6.07 Å². The summed E-state index contributed by atoms with van der Waals surface area (Å²) in [7, 11) is 0. The van der Waals surface area contributed by atoms with E-state index in [2.05, 4.69) is 0 Å². The van der Waals surface area contributed by atoms with Gasteiger partial charge in [0.15, 0.2) is 0 Å². The van der Waals surface area contributed by atoms with Crippen molar-refractivity contribution in [3.8, 4) is 0 Å². The van der Waals surface area contributed by atoms with E-state index >= 15 is 0 Å². The van der Waals surface area contributed by atoms with E-state index in [-0.39, 0.29) is 29.1 Å². The van der Waals surface area contributed by atoms with E-state index in [0.717, 1.165) is 12.5 Å². The summed E-state index contributed by atoms with van der Waals surface area (Å²) in [6.45, 7) is 4.93. The smallest absolute Gasteiger partial charge is 0.337 e. The van der Waals surface area contributed by atoms with Crippen LogP contribution >= 0.6 is 0 Å². The molecule has 1 aromatic rings. The molecule has 0 saturated carbocycles. The normalized spacial score (nSPS) is 22.9. The molecule has 0 amide bonds. The molecule has 0 bridgehead atoms. The minimum atomic E-state index is -1.15. The van der Waals surface area contributed by atoms with Gasteiger partial charge in [-0.2, -0.15) is 0 Å². The van der Waals surface area contributed by atoms with Crippen molar-refractivity contribution in [2.45, 2.75) is 32.4 Å². The van der Waals surface area contributed by atoms with Crippen LogP contribution < -0.4 is 10.6 Å². The Kier molecular flexibility index (Phi) is 4.13. The molecule has 20 heavy (non-hydrogen) atoms. The van der Waals surface area contributed by atoms with Crippen LogP contribution in [0.5, 0.6) is 0 Å². The summed E-state index contributed by atoms with van der Waals surface area (Å²) in [5.41, 5.74) is 5.69. The third kappa shape index (κ3) is 2.70. The van der Waals surface area contributed by atoms with E-state index < -0.39 is 11.8 Å². The molecule has 2 unspecified atom stereocenters. The maximum absolute atomic E-state index is 14.2. The number of aromatic carboxylic acids is 1. The number of nitrogens with zero attached hydrogens (tertiary/aromatic N) is 1. The minimum Gasteiger partial charge on any atom is -0.478 e. The molecule has 1 aliphatic heterocycles. The Labute approximate surface area is 117 Å². The highest BCUT2D eigenvalue weighted by Crippen LogP contribution is 2.30. The zero-order valence-corrected chi connectivity index (χ0v) is 11.6. The van der Waals surface area contributed by atoms with Crippen LogP contribution in [0.15, 0.2) is 12.1 Å². The van der Waals surface area contributed by atoms with Gasteiger partial charge in [-0.05, 0) is 25.5 Å². The number of carboxylic acids is 1. The third-order valence-electron chi connectivity index (χ3n) is 3.60. The summed E-state index contributed by atoms with van der Waals surface area (Å²) in [5.74, 6) is -1.65. The Bertz CT molecular complexity index is 521. The Morgan fingerprint density at radius 3 is 2.90 bits per heavy atom. The number of nitrogens with two attached hydrogens (primary N) is 1. The van der Waals surface area contributed by atoms with Gasteiger partial charge in [0.05, 0.1) is 30.0 Å². The molecule has 3 N–H and O–H groups in total. The zero-order chi connectivity index (χ0) is 14.9. The van der Waals surface area contributed by atoms with Crippen LogP contribution in [0.3, 0.4) is 0 Å². The molecule has 0 radical (unpaired) electrons. The second-order valence-electron chi connectivity index (χ2n) is 5.05. The van der Waals surface area contributed by atoms with E-state index in [4.69, 9.17) is 15.6 Å². The van der Waals surface area contributed by atoms with Gasteiger partial charge in [-0.3, -0.25) is 0 Å². The van der Waals surface area contributed by atoms with Crippen molar-refractivity contribution in [2.24, 2.45) is 0 Å². The fourth-order valence-electron chi connectivity index (χ4n) is 2.46. The van der Waals surface area contributed by atoms with Gasteiger partial charge >= 0.3 is 5.97 Å². The van der Waals surface area contributed by atoms with Crippen molar-refractivity contribution >= 4 is 17.3 Å². The van der Waals surface area contributed by atoms with Crippen molar-refractivity contribution in [2.75, 3.05) is 23.8 Å². The van der Waals surface area contributed by atoms with Crippen LogP contribution in [0.2, 0.25) is 0 Å². The molecule has 6 heteroatoms. The Balaban J connectivity index is 2.44. The highest BCUT2D eigenvalue weighted by atomic mass is 19.1. The lowest BCUT2D eigenvalue weighted by Gasteiger charge is -2.40. The Morgan fingerprint density at radius 2 is 2.30 bits per heavy atom. The van der Waals surface area contributed by atoms with E-state index in [1.807, 2.05) is 18.7 Å². The predicted molar refractivity (Wildman–Crippen MR) is 74.6 cm³/mol. The van der Waals surface area contributed by atoms with Crippen LogP contribution in [0.25, 0.3) is 0 Å². The Hall–Kier alpha value is -1.82. The molecule has 2 atom stereocenters. The molecule has 1 aromatic carbocycles. The van der Waals surface area contributed by atoms with Crippen LogP contribution in [-0.4, -0.2) is 36.4 Å². The molecular formula is C14H19FN2O3. The largest absolute Gasteiger partial charge is 0.478 e. The van der Waals surface area contributed by atoms with Gasteiger partial charge in [-0.25, -0.2) is 9.18 Å². The fourth-order valence-corrected chi connectivity index (χ4v) is 2.46. The Morgan fingerprint density at radius 1 is 1.60 bits per heavy atom. The zero-order valence-electron chi connectivity index (χ0n) is 11.6. The lowest BCUT2D eigenvalue weighted by Crippen LogP contribution is -2.49. The number of benzene rings is 1. The first-order valence-corrected chi connectivity index (χ1v) is 6.64. The highest BCUT2D eigenvalue weighted by Gasteiger charge is 2.28. The van der Waals surface area contributed by atoms with E-state index in [0.29, 0.717) is 13.2 Å². The number of halogens is 1. The van der Waals surface area contributed by atoms with Crippen LogP contribution in [0.4, 0.5) is 15.8 Å². The molecule has 0 aromatic heterocycles. The quantitative estimate of drug-likeness (QED) is 0.830. The number of morpholine rings is 1. The SMILES string of the molecule is CCC1COC(C)CN1c1cc(C(=O)O)c(N)cc1F. The number of anilines is 2. The standard InChI is InChI=1S/C14H19FN2O3/c1-3-9-7-20-8(2)6-17(9)13-4-10(14(18)19)12(16)5-11(13)15/h4-5,8-9H,3,6-7,16H2,1-2H3,(H,18,19). The molecule has 0 spiro atoms. The highest BCUT2D eigenvalue weighted by molar-refractivity contribution is 5.95. The second-order valence-corrected chi connectivity index (χ2v) is 5.05. The van der Waals surface area contributed by atoms with Gasteiger partial charge in [0.1, 0.15) is 5.82 Å². The maximum Gasteiger partial charge on any atom is 0.337 e. The topological polar surface area (TPSA) is 75.8 Å². The van der Waals surface area contributed by atoms with Crippen LogP contribution in [0.1, 0.15) is 30.6 Å².